The lowest BCUT2D eigenvalue weighted by atomic mass is 9.67. The predicted molar refractivity (Wildman–Crippen MR) is 475 cm³/mol. The molecule has 0 radical (unpaired) electrons. The maximum atomic E-state index is 5.88. The molecule has 6 heterocycles. The van der Waals surface area contributed by atoms with Crippen LogP contribution < -0.4 is 0 Å². The van der Waals surface area contributed by atoms with Crippen molar-refractivity contribution in [1.29, 1.82) is 0 Å². The Kier molecular flexibility index (Phi) is 14.1. The number of aromatic nitrogens is 7. The largest absolute Gasteiger partial charge is 0.309 e. The van der Waals surface area contributed by atoms with Crippen molar-refractivity contribution < 1.29 is 0 Å². The molecule has 2 aliphatic carbocycles. The maximum absolute atomic E-state index is 5.88. The van der Waals surface area contributed by atoms with Gasteiger partial charge < -0.3 is 4.57 Å². The molecule has 9 heteroatoms. The number of benzene rings is 17. The Bertz CT molecular complexity index is 7700. The van der Waals surface area contributed by atoms with Crippen LogP contribution in [-0.4, -0.2) is 34.1 Å². The Balaban J connectivity index is 0.674. The number of nitrogens with zero attached hydrogens (tertiary/aromatic N) is 7. The van der Waals surface area contributed by atoms with Gasteiger partial charge in [-0.25, -0.2) is 24.9 Å². The van der Waals surface area contributed by atoms with Gasteiger partial charge in [-0.1, -0.05) is 345 Å². The molecule has 7 nitrogen and oxygen atoms in total. The van der Waals surface area contributed by atoms with E-state index < -0.39 is 10.8 Å². The molecule has 0 saturated heterocycles. The first-order chi connectivity index (χ1) is 57.5. The molecule has 17 aromatic carbocycles. The zero-order valence-electron chi connectivity index (χ0n) is 62.3. The molecule has 0 amide bonds. The standard InChI is InChI=1S/C107H63N7S2/c1-4-29-66(30-5-1)91-61-92(109-105(108-91)114-94-63-98-89(60-82(94)79-56-54-65-28-11-13-40-75(65)101(79)114)106(86-48-20-22-51-95(86)115-98)83-45-17-14-41-76(83)77-42-15-18-46-84(77)106)70-36-24-35-69(57-70)73-44-26-50-88-99(73)80-43-16-19-47-85(80)107(88)87-49-21-23-52-96(87)116-97-62-93-81(59-90(97)107)78-55-53-64-27-10-12-39-74(64)100(78)113(93)72-38-25-37-71(58-72)104-111-102(67-31-6-2-7-32-67)110-103(112-104)68-33-8-3-9-34-68/h1-63H. The van der Waals surface area contributed by atoms with Gasteiger partial charge >= 0.3 is 0 Å². The van der Waals surface area contributed by atoms with Crippen LogP contribution in [0, 0.1) is 0 Å². The van der Waals surface area contributed by atoms with Gasteiger partial charge in [0.15, 0.2) is 17.5 Å². The van der Waals surface area contributed by atoms with Crippen LogP contribution >= 0.6 is 23.5 Å². The summed E-state index contributed by atoms with van der Waals surface area (Å²) >= 11 is 3.74. The van der Waals surface area contributed by atoms with Crippen molar-refractivity contribution in [2.75, 3.05) is 0 Å². The van der Waals surface area contributed by atoms with Crippen LogP contribution in [0.5, 0.6) is 0 Å². The highest BCUT2D eigenvalue weighted by molar-refractivity contribution is 7.99. The summed E-state index contributed by atoms with van der Waals surface area (Å²) in [6, 6.07) is 141. The molecular weight excluding hydrogens is 1450 g/mol. The highest BCUT2D eigenvalue weighted by Crippen LogP contribution is 2.66. The Hall–Kier alpha value is -14.4. The topological polar surface area (TPSA) is 74.3 Å². The van der Waals surface area contributed by atoms with Crippen LogP contribution in [0.4, 0.5) is 0 Å². The number of fused-ring (bicyclic) bond motifs is 28. The predicted octanol–water partition coefficient (Wildman–Crippen LogP) is 26.8. The highest BCUT2D eigenvalue weighted by atomic mass is 32.2. The van der Waals surface area contributed by atoms with Crippen molar-refractivity contribution in [3.05, 3.63) is 427 Å². The molecule has 4 aromatic heterocycles. The van der Waals surface area contributed by atoms with E-state index in [-0.39, 0.29) is 0 Å². The van der Waals surface area contributed by atoms with E-state index in [4.69, 9.17) is 24.9 Å². The van der Waals surface area contributed by atoms with E-state index in [1.165, 1.54) is 108 Å². The van der Waals surface area contributed by atoms with Gasteiger partial charge in [0.2, 0.25) is 5.95 Å². The molecule has 21 aromatic rings. The summed E-state index contributed by atoms with van der Waals surface area (Å²) in [4.78, 5) is 32.1. The van der Waals surface area contributed by atoms with Gasteiger partial charge in [-0.05, 0) is 149 Å². The Morgan fingerprint density at radius 2 is 0.638 bits per heavy atom. The fourth-order valence-electron chi connectivity index (χ4n) is 20.1. The van der Waals surface area contributed by atoms with Crippen LogP contribution in [0.25, 0.3) is 167 Å². The summed E-state index contributed by atoms with van der Waals surface area (Å²) in [7, 11) is 0. The second kappa shape index (κ2) is 25.1. The molecule has 0 bridgehead atoms. The Morgan fingerprint density at radius 1 is 0.224 bits per heavy atom. The van der Waals surface area contributed by atoms with E-state index in [9.17, 15) is 0 Å². The quantitative estimate of drug-likeness (QED) is 0.150. The van der Waals surface area contributed by atoms with Crippen LogP contribution in [0.3, 0.4) is 0 Å². The monoisotopic (exact) mass is 1510 g/mol. The van der Waals surface area contributed by atoms with Crippen LogP contribution in [0.1, 0.15) is 44.5 Å². The van der Waals surface area contributed by atoms with Crippen molar-refractivity contribution in [2.24, 2.45) is 0 Å². The summed E-state index contributed by atoms with van der Waals surface area (Å²) in [5.41, 5.74) is 28.1. The minimum atomic E-state index is -0.714. The smallest absolute Gasteiger partial charge is 0.235 e. The lowest BCUT2D eigenvalue weighted by Gasteiger charge is -2.40. The molecule has 1 atom stereocenters. The number of hydrogen-bond donors (Lipinski definition) is 0. The molecule has 0 N–H and O–H groups in total. The third kappa shape index (κ3) is 9.32. The maximum Gasteiger partial charge on any atom is 0.235 e. The van der Waals surface area contributed by atoms with E-state index in [1.807, 2.05) is 59.9 Å². The average molecular weight is 1510 g/mol. The Morgan fingerprint density at radius 3 is 1.23 bits per heavy atom. The fourth-order valence-corrected chi connectivity index (χ4v) is 22.5. The van der Waals surface area contributed by atoms with Crippen LogP contribution in [0.2, 0.25) is 0 Å². The van der Waals surface area contributed by atoms with Crippen molar-refractivity contribution in [1.82, 2.24) is 34.1 Å². The normalized spacial score (nSPS) is 14.4. The number of hydrogen-bond acceptors (Lipinski definition) is 7. The third-order valence-electron chi connectivity index (χ3n) is 24.9. The number of rotatable bonds is 8. The molecule has 116 heavy (non-hydrogen) atoms. The second-order valence-electron chi connectivity index (χ2n) is 30.8. The second-order valence-corrected chi connectivity index (χ2v) is 33.0. The lowest BCUT2D eigenvalue weighted by Crippen LogP contribution is -2.32. The first-order valence-electron chi connectivity index (χ1n) is 39.5. The zero-order chi connectivity index (χ0) is 75.9. The van der Waals surface area contributed by atoms with Crippen molar-refractivity contribution >= 4 is 88.7 Å². The van der Waals surface area contributed by atoms with Gasteiger partial charge in [-0.2, -0.15) is 0 Å². The lowest BCUT2D eigenvalue weighted by molar-refractivity contribution is 0.724. The van der Waals surface area contributed by atoms with Gasteiger partial charge in [-0.3, -0.25) is 4.57 Å². The van der Waals surface area contributed by atoms with Gasteiger partial charge in [0.05, 0.1) is 44.3 Å². The summed E-state index contributed by atoms with van der Waals surface area (Å²) in [6.45, 7) is 0. The molecule has 25 rings (SSSR count). The zero-order valence-corrected chi connectivity index (χ0v) is 64.0. The van der Waals surface area contributed by atoms with E-state index in [1.54, 1.807) is 0 Å². The molecule has 0 fully saturated rings. The van der Waals surface area contributed by atoms with E-state index in [0.29, 0.717) is 23.4 Å². The van der Waals surface area contributed by atoms with Gasteiger partial charge in [0.1, 0.15) is 0 Å². The van der Waals surface area contributed by atoms with Gasteiger partial charge in [-0.15, -0.1) is 0 Å². The first-order valence-corrected chi connectivity index (χ1v) is 41.1. The summed E-state index contributed by atoms with van der Waals surface area (Å²) in [6.07, 6.45) is 0. The molecule has 1 unspecified atom stereocenters. The SMILES string of the molecule is c1ccc(-c2cc(-c3cccc(-c4cccc5c4-c4ccccc4C54c5ccccc5Sc5cc6c(cc54)c4ccc5ccccc5c4n6-c4cccc(-c5nc(-c6ccccc6)nc(-c6ccccc6)n5)c4)c3)nc(-n3c4cc5c(cc4c4ccc6ccccc6c43)C3(c4ccccc4S5)c4ccccc4-c4ccccc43)n2)cc1. The molecule has 2 spiro atoms. The third-order valence-corrected chi connectivity index (χ3v) is 27.1. The molecule has 0 saturated carbocycles. The van der Waals surface area contributed by atoms with E-state index in [0.717, 1.165) is 99.6 Å². The van der Waals surface area contributed by atoms with Gasteiger partial charge in [0, 0.05) is 85.4 Å². The summed E-state index contributed by atoms with van der Waals surface area (Å²) in [5, 5.41) is 9.28. The van der Waals surface area contributed by atoms with Crippen molar-refractivity contribution in [3.8, 4) is 102 Å². The van der Waals surface area contributed by atoms with Crippen molar-refractivity contribution in [2.45, 2.75) is 30.4 Å². The average Bonchev–Trinajstić information content (AvgIpc) is 1.50. The fraction of sp³-hybridized carbons (Fsp3) is 0.0187. The van der Waals surface area contributed by atoms with Crippen molar-refractivity contribution in [3.63, 3.8) is 0 Å². The van der Waals surface area contributed by atoms with Gasteiger partial charge in [0.25, 0.3) is 0 Å². The first kappa shape index (κ1) is 65.2. The molecule has 2 aliphatic heterocycles. The van der Waals surface area contributed by atoms with Crippen LogP contribution in [0.15, 0.2) is 402 Å². The minimum absolute atomic E-state index is 0.554. The Labute approximate surface area is 676 Å². The summed E-state index contributed by atoms with van der Waals surface area (Å²) in [5.74, 6) is 2.45. The molecule has 4 aliphatic rings. The highest BCUT2D eigenvalue weighted by Gasteiger charge is 2.53. The minimum Gasteiger partial charge on any atom is -0.309 e. The summed E-state index contributed by atoms with van der Waals surface area (Å²) < 4.78 is 4.87. The van der Waals surface area contributed by atoms with Crippen LogP contribution in [-0.2, 0) is 10.8 Å². The molecular formula is C107H63N7S2. The van der Waals surface area contributed by atoms with E-state index in [2.05, 4.69) is 355 Å². The molecule has 538 valence electrons. The van der Waals surface area contributed by atoms with E-state index >= 15 is 0 Å².